The van der Waals surface area contributed by atoms with Gasteiger partial charge in [-0.2, -0.15) is 0 Å². The molecule has 2 aromatic carbocycles. The van der Waals surface area contributed by atoms with Crippen molar-refractivity contribution in [3.8, 4) is 0 Å². The Balaban J connectivity index is 1.49. The molecule has 0 spiro atoms. The first kappa shape index (κ1) is 20.4. The number of morpholine rings is 1. The van der Waals surface area contributed by atoms with Gasteiger partial charge in [0.1, 0.15) is 11.3 Å². The van der Waals surface area contributed by atoms with Crippen LogP contribution in [0, 0.1) is 5.82 Å². The van der Waals surface area contributed by atoms with E-state index >= 15 is 0 Å². The largest absolute Gasteiger partial charge is 0.373 e. The Morgan fingerprint density at radius 1 is 1.13 bits per heavy atom. The number of ether oxygens (including phenoxy) is 1. The van der Waals surface area contributed by atoms with Gasteiger partial charge in [0.05, 0.1) is 23.3 Å². The molecule has 0 radical (unpaired) electrons. The Hall–Kier alpha value is -2.90. The van der Waals surface area contributed by atoms with Crippen LogP contribution in [0.4, 0.5) is 4.39 Å². The predicted octanol–water partition coefficient (Wildman–Crippen LogP) is 3.31. The van der Waals surface area contributed by atoms with E-state index in [1.165, 1.54) is 24.5 Å². The maximum atomic E-state index is 13.9. The molecule has 0 aliphatic carbocycles. The van der Waals surface area contributed by atoms with Gasteiger partial charge in [-0.05, 0) is 31.0 Å². The van der Waals surface area contributed by atoms with Crippen LogP contribution in [0.15, 0.2) is 48.8 Å². The van der Waals surface area contributed by atoms with Gasteiger partial charge in [-0.1, -0.05) is 24.3 Å². The van der Waals surface area contributed by atoms with E-state index < -0.39 is 5.82 Å². The molecule has 30 heavy (non-hydrogen) atoms. The quantitative estimate of drug-likeness (QED) is 0.702. The first-order valence-corrected chi connectivity index (χ1v) is 10.1. The monoisotopic (exact) mass is 408 g/mol. The molecule has 1 aliphatic rings. The van der Waals surface area contributed by atoms with Gasteiger partial charge in [0, 0.05) is 44.6 Å². The minimum Gasteiger partial charge on any atom is -0.373 e. The Morgan fingerprint density at radius 2 is 1.83 bits per heavy atom. The molecule has 1 aliphatic heterocycles. The molecule has 1 saturated heterocycles. The zero-order valence-corrected chi connectivity index (χ0v) is 17.1. The lowest BCUT2D eigenvalue weighted by atomic mass is 10.1. The van der Waals surface area contributed by atoms with Gasteiger partial charge < -0.3 is 10.1 Å². The molecule has 6 nitrogen and oxygen atoms in total. The maximum absolute atomic E-state index is 13.9. The van der Waals surface area contributed by atoms with Crippen LogP contribution in [-0.2, 0) is 17.8 Å². The van der Waals surface area contributed by atoms with Crippen molar-refractivity contribution in [2.45, 2.75) is 39.1 Å². The van der Waals surface area contributed by atoms with Gasteiger partial charge in [0.25, 0.3) is 5.91 Å². The molecular weight excluding hydrogens is 383 g/mol. The molecule has 2 atom stereocenters. The van der Waals surface area contributed by atoms with Gasteiger partial charge in [0.15, 0.2) is 0 Å². The molecule has 0 bridgehead atoms. The van der Waals surface area contributed by atoms with E-state index in [1.54, 1.807) is 0 Å². The summed E-state index contributed by atoms with van der Waals surface area (Å²) in [7, 11) is 0. The van der Waals surface area contributed by atoms with E-state index in [9.17, 15) is 9.18 Å². The summed E-state index contributed by atoms with van der Waals surface area (Å²) >= 11 is 0. The molecule has 2 heterocycles. The molecule has 7 heteroatoms. The molecule has 3 aromatic rings. The number of halogens is 1. The van der Waals surface area contributed by atoms with Gasteiger partial charge in [0.2, 0.25) is 0 Å². The van der Waals surface area contributed by atoms with Crippen molar-refractivity contribution in [2.75, 3.05) is 13.1 Å². The molecular formula is C23H25FN4O2. The number of nitrogens with one attached hydrogen (secondary N) is 1. The Bertz CT molecular complexity index is 1050. The van der Waals surface area contributed by atoms with E-state index in [0.717, 1.165) is 30.8 Å². The second-order valence-corrected chi connectivity index (χ2v) is 7.78. The number of hydrogen-bond acceptors (Lipinski definition) is 5. The van der Waals surface area contributed by atoms with Crippen LogP contribution < -0.4 is 5.32 Å². The van der Waals surface area contributed by atoms with Crippen molar-refractivity contribution < 1.29 is 13.9 Å². The molecule has 1 aromatic heterocycles. The number of fused-ring (bicyclic) bond motifs is 1. The van der Waals surface area contributed by atoms with Crippen molar-refractivity contribution in [2.24, 2.45) is 0 Å². The molecule has 156 valence electrons. The van der Waals surface area contributed by atoms with Crippen LogP contribution in [-0.4, -0.2) is 46.1 Å². The van der Waals surface area contributed by atoms with Gasteiger partial charge in [-0.3, -0.25) is 19.7 Å². The fourth-order valence-electron chi connectivity index (χ4n) is 4.02. The third kappa shape index (κ3) is 4.63. The summed E-state index contributed by atoms with van der Waals surface area (Å²) < 4.78 is 19.8. The summed E-state index contributed by atoms with van der Waals surface area (Å²) in [5.41, 5.74) is 3.12. The molecule has 2 unspecified atom stereocenters. The second kappa shape index (κ2) is 8.85. The van der Waals surface area contributed by atoms with Crippen molar-refractivity contribution in [3.05, 3.63) is 71.3 Å². The minimum absolute atomic E-state index is 0.186. The SMILES string of the molecule is CC1CN(Cc2ccccc2CNC(=O)c2cc(F)cc3nccnc23)CC(C)O1. The highest BCUT2D eigenvalue weighted by Gasteiger charge is 2.23. The Kier molecular flexibility index (Phi) is 6.01. The van der Waals surface area contributed by atoms with E-state index in [1.807, 2.05) is 18.2 Å². The smallest absolute Gasteiger partial charge is 0.253 e. The van der Waals surface area contributed by atoms with E-state index in [4.69, 9.17) is 4.74 Å². The number of nitrogens with zero attached hydrogens (tertiary/aromatic N) is 3. The van der Waals surface area contributed by atoms with Crippen molar-refractivity contribution in [1.29, 1.82) is 0 Å². The fourth-order valence-corrected chi connectivity index (χ4v) is 4.02. The number of carbonyl (C=O) groups is 1. The summed E-state index contributed by atoms with van der Waals surface area (Å²) in [5, 5.41) is 2.91. The predicted molar refractivity (Wildman–Crippen MR) is 112 cm³/mol. The van der Waals surface area contributed by atoms with Gasteiger partial charge in [-0.15, -0.1) is 0 Å². The third-order valence-corrected chi connectivity index (χ3v) is 5.23. The number of hydrogen-bond donors (Lipinski definition) is 1. The number of benzene rings is 2. The van der Waals surface area contributed by atoms with Crippen LogP contribution in [0.1, 0.15) is 35.3 Å². The third-order valence-electron chi connectivity index (χ3n) is 5.23. The van der Waals surface area contributed by atoms with Crippen LogP contribution in [0.25, 0.3) is 11.0 Å². The van der Waals surface area contributed by atoms with E-state index in [0.29, 0.717) is 17.6 Å². The van der Waals surface area contributed by atoms with Gasteiger partial charge in [-0.25, -0.2) is 4.39 Å². The first-order chi connectivity index (χ1) is 14.5. The number of aromatic nitrogens is 2. The van der Waals surface area contributed by atoms with Crippen LogP contribution in [0.5, 0.6) is 0 Å². The molecule has 1 N–H and O–H groups in total. The second-order valence-electron chi connectivity index (χ2n) is 7.78. The van der Waals surface area contributed by atoms with Crippen molar-refractivity contribution in [1.82, 2.24) is 20.2 Å². The van der Waals surface area contributed by atoms with Crippen LogP contribution >= 0.6 is 0 Å². The van der Waals surface area contributed by atoms with Crippen LogP contribution in [0.3, 0.4) is 0 Å². The van der Waals surface area contributed by atoms with E-state index in [2.05, 4.69) is 40.1 Å². The topological polar surface area (TPSA) is 67.4 Å². The highest BCUT2D eigenvalue weighted by atomic mass is 19.1. The number of rotatable bonds is 5. The summed E-state index contributed by atoms with van der Waals surface area (Å²) in [4.78, 5) is 23.5. The zero-order valence-electron chi connectivity index (χ0n) is 17.1. The Labute approximate surface area is 175 Å². The number of carbonyl (C=O) groups excluding carboxylic acids is 1. The maximum Gasteiger partial charge on any atom is 0.253 e. The lowest BCUT2D eigenvalue weighted by molar-refractivity contribution is -0.0705. The molecule has 1 amide bonds. The van der Waals surface area contributed by atoms with Crippen molar-refractivity contribution in [3.63, 3.8) is 0 Å². The Morgan fingerprint density at radius 3 is 2.60 bits per heavy atom. The summed E-state index contributed by atoms with van der Waals surface area (Å²) in [6.45, 7) is 7.06. The zero-order chi connectivity index (χ0) is 21.1. The minimum atomic E-state index is -0.510. The summed E-state index contributed by atoms with van der Waals surface area (Å²) in [6.07, 6.45) is 3.37. The summed E-state index contributed by atoms with van der Waals surface area (Å²) in [5.74, 6) is -0.882. The number of amides is 1. The molecule has 1 fully saturated rings. The van der Waals surface area contributed by atoms with Crippen molar-refractivity contribution >= 4 is 16.9 Å². The highest BCUT2D eigenvalue weighted by molar-refractivity contribution is 6.04. The van der Waals surface area contributed by atoms with Crippen LogP contribution in [0.2, 0.25) is 0 Å². The normalized spacial score (nSPS) is 19.7. The summed E-state index contributed by atoms with van der Waals surface area (Å²) in [6, 6.07) is 10.5. The highest BCUT2D eigenvalue weighted by Crippen LogP contribution is 2.19. The molecule has 0 saturated carbocycles. The first-order valence-electron chi connectivity index (χ1n) is 10.1. The fraction of sp³-hybridized carbons (Fsp3) is 0.348. The van der Waals surface area contributed by atoms with Gasteiger partial charge >= 0.3 is 0 Å². The average Bonchev–Trinajstić information content (AvgIpc) is 2.71. The lowest BCUT2D eigenvalue weighted by Gasteiger charge is -2.35. The average molecular weight is 408 g/mol. The van der Waals surface area contributed by atoms with E-state index in [-0.39, 0.29) is 23.7 Å². The molecule has 4 rings (SSSR count). The lowest BCUT2D eigenvalue weighted by Crippen LogP contribution is -2.45. The standard InChI is InChI=1S/C23H25FN4O2/c1-15-12-28(13-16(2)30-15)14-18-6-4-3-5-17(18)11-27-23(29)20-9-19(24)10-21-22(20)26-8-7-25-21/h3-10,15-16H,11-14H2,1-2H3,(H,27,29).